The molecule has 30 heavy (non-hydrogen) atoms. The van der Waals surface area contributed by atoms with Gasteiger partial charge in [0.05, 0.1) is 15.5 Å². The second-order valence-electron chi connectivity index (χ2n) is 6.23. The van der Waals surface area contributed by atoms with E-state index >= 15 is 0 Å². The van der Waals surface area contributed by atoms with Crippen molar-refractivity contribution >= 4 is 57.9 Å². The predicted molar refractivity (Wildman–Crippen MR) is 111 cm³/mol. The molecule has 3 rings (SSSR count). The first-order chi connectivity index (χ1) is 14.1. The average molecular weight is 476 g/mol. The lowest BCUT2D eigenvalue weighted by atomic mass is 10.1. The fraction of sp³-hybridized carbons (Fsp3) is 0.211. The van der Waals surface area contributed by atoms with Crippen LogP contribution in [0.2, 0.25) is 5.02 Å². The van der Waals surface area contributed by atoms with E-state index in [1.807, 2.05) is 0 Å². The molecule has 0 atom stereocenters. The molecule has 0 aliphatic carbocycles. The summed E-state index contributed by atoms with van der Waals surface area (Å²) in [6.45, 7) is 0.183. The molecule has 1 aliphatic rings. The molecule has 0 bridgehead atoms. The van der Waals surface area contributed by atoms with Gasteiger partial charge in [0.15, 0.2) is 0 Å². The number of benzene rings is 1. The van der Waals surface area contributed by atoms with Gasteiger partial charge in [-0.15, -0.1) is 0 Å². The maximum Gasteiger partial charge on any atom is 0.417 e. The number of hydrogen-bond donors (Lipinski definition) is 1. The van der Waals surface area contributed by atoms with E-state index in [0.717, 1.165) is 23.9 Å². The Kier molecular flexibility index (Phi) is 6.59. The second kappa shape index (κ2) is 8.83. The van der Waals surface area contributed by atoms with E-state index in [2.05, 4.69) is 0 Å². The molecule has 1 fully saturated rings. The minimum Gasteiger partial charge on any atom is -0.481 e. The van der Waals surface area contributed by atoms with Crippen molar-refractivity contribution < 1.29 is 32.3 Å². The van der Waals surface area contributed by atoms with Crippen LogP contribution in [-0.2, 0) is 15.8 Å². The van der Waals surface area contributed by atoms with Crippen LogP contribution in [0.15, 0.2) is 39.7 Å². The maximum atomic E-state index is 13.1. The largest absolute Gasteiger partial charge is 0.481 e. The molecule has 0 saturated carbocycles. The summed E-state index contributed by atoms with van der Waals surface area (Å²) >= 11 is 11.8. The van der Waals surface area contributed by atoms with Crippen LogP contribution in [0.5, 0.6) is 0 Å². The lowest BCUT2D eigenvalue weighted by Crippen LogP contribution is -2.29. The molecular formula is C19H13ClF3NO4S2. The number of furan rings is 1. The molecule has 5 nitrogen and oxygen atoms in total. The van der Waals surface area contributed by atoms with Gasteiger partial charge in [0.25, 0.3) is 5.91 Å². The molecule has 1 aromatic carbocycles. The van der Waals surface area contributed by atoms with E-state index in [1.54, 1.807) is 0 Å². The molecule has 11 heteroatoms. The number of halogens is 4. The average Bonchev–Trinajstić information content (AvgIpc) is 3.21. The topological polar surface area (TPSA) is 70.8 Å². The van der Waals surface area contributed by atoms with Crippen LogP contribution < -0.4 is 0 Å². The van der Waals surface area contributed by atoms with Crippen molar-refractivity contribution in [2.24, 2.45) is 0 Å². The number of carboxylic acids is 1. The second-order valence-corrected chi connectivity index (χ2v) is 8.31. The number of carboxylic acid groups (broad SMARTS) is 1. The van der Waals surface area contributed by atoms with Gasteiger partial charge in [0.1, 0.15) is 15.8 Å². The Morgan fingerprint density at radius 2 is 2.03 bits per heavy atom. The summed E-state index contributed by atoms with van der Waals surface area (Å²) in [6.07, 6.45) is -2.98. The van der Waals surface area contributed by atoms with Gasteiger partial charge in [-0.3, -0.25) is 14.5 Å². The lowest BCUT2D eigenvalue weighted by molar-refractivity contribution is -0.138. The number of alkyl halides is 3. The van der Waals surface area contributed by atoms with Gasteiger partial charge < -0.3 is 9.52 Å². The molecule has 158 valence electrons. The van der Waals surface area contributed by atoms with Crippen LogP contribution in [0.3, 0.4) is 0 Å². The molecule has 0 spiro atoms. The Labute approximate surface area is 183 Å². The van der Waals surface area contributed by atoms with Gasteiger partial charge in [0, 0.05) is 24.6 Å². The highest BCUT2D eigenvalue weighted by atomic mass is 35.5. The van der Waals surface area contributed by atoms with E-state index in [9.17, 15) is 22.8 Å². The number of thioether (sulfide) groups is 1. The fourth-order valence-electron chi connectivity index (χ4n) is 2.69. The molecular weight excluding hydrogens is 463 g/mol. The van der Waals surface area contributed by atoms with Crippen LogP contribution in [0.1, 0.15) is 24.2 Å². The minimum absolute atomic E-state index is 0.0847. The van der Waals surface area contributed by atoms with Crippen LogP contribution in [-0.4, -0.2) is 32.7 Å². The number of carbonyl (C=O) groups is 2. The van der Waals surface area contributed by atoms with E-state index in [4.69, 9.17) is 33.3 Å². The van der Waals surface area contributed by atoms with Gasteiger partial charge in [-0.2, -0.15) is 13.2 Å². The molecule has 2 aromatic rings. The Balaban J connectivity index is 1.79. The third-order valence-corrected chi connectivity index (χ3v) is 5.81. The summed E-state index contributed by atoms with van der Waals surface area (Å²) in [6, 6.07) is 6.45. The first-order valence-corrected chi connectivity index (χ1v) is 10.1. The zero-order valence-corrected chi connectivity index (χ0v) is 17.4. The molecule has 1 aromatic heterocycles. The quantitative estimate of drug-likeness (QED) is 0.428. The van der Waals surface area contributed by atoms with E-state index in [0.29, 0.717) is 4.32 Å². The van der Waals surface area contributed by atoms with Gasteiger partial charge in [0.2, 0.25) is 0 Å². The normalized spacial score (nSPS) is 16.0. The maximum absolute atomic E-state index is 13.1. The minimum atomic E-state index is -4.60. The fourth-order valence-corrected chi connectivity index (χ4v) is 4.21. The summed E-state index contributed by atoms with van der Waals surface area (Å²) in [4.78, 5) is 24.7. The number of amides is 1. The molecule has 1 N–H and O–H groups in total. The van der Waals surface area contributed by atoms with Crippen molar-refractivity contribution in [3.05, 3.63) is 51.6 Å². The van der Waals surface area contributed by atoms with Crippen molar-refractivity contribution in [3.63, 3.8) is 0 Å². The van der Waals surface area contributed by atoms with Crippen molar-refractivity contribution in [1.82, 2.24) is 4.90 Å². The smallest absolute Gasteiger partial charge is 0.417 e. The molecule has 1 amide bonds. The van der Waals surface area contributed by atoms with Gasteiger partial charge in [-0.1, -0.05) is 35.6 Å². The monoisotopic (exact) mass is 475 g/mol. The highest BCUT2D eigenvalue weighted by molar-refractivity contribution is 8.26. The third-order valence-electron chi connectivity index (χ3n) is 4.10. The Bertz CT molecular complexity index is 1050. The first-order valence-electron chi connectivity index (χ1n) is 8.50. The number of thiocarbonyl (C=S) groups is 1. The van der Waals surface area contributed by atoms with Gasteiger partial charge >= 0.3 is 12.1 Å². The van der Waals surface area contributed by atoms with Crippen LogP contribution in [0, 0.1) is 0 Å². The van der Waals surface area contributed by atoms with E-state index in [-0.39, 0.29) is 47.3 Å². The van der Waals surface area contributed by atoms with Crippen molar-refractivity contribution in [2.75, 3.05) is 6.54 Å². The van der Waals surface area contributed by atoms with Gasteiger partial charge in [-0.05, 0) is 36.8 Å². The third kappa shape index (κ3) is 5.05. The summed E-state index contributed by atoms with van der Waals surface area (Å²) in [5.41, 5.74) is -0.783. The van der Waals surface area contributed by atoms with Crippen molar-refractivity contribution in [3.8, 4) is 11.3 Å². The Hall–Kier alpha value is -2.30. The number of aliphatic carboxylic acids is 1. The summed E-state index contributed by atoms with van der Waals surface area (Å²) in [5, 5.41) is 8.29. The summed E-state index contributed by atoms with van der Waals surface area (Å²) < 4.78 is 45.0. The predicted octanol–water partition coefficient (Wildman–Crippen LogP) is 5.68. The summed E-state index contributed by atoms with van der Waals surface area (Å²) in [5.74, 6) is -0.894. The Morgan fingerprint density at radius 1 is 1.30 bits per heavy atom. The number of carbonyl (C=O) groups excluding carboxylic acids is 1. The van der Waals surface area contributed by atoms with Crippen molar-refractivity contribution in [1.29, 1.82) is 0 Å². The van der Waals surface area contributed by atoms with Crippen LogP contribution in [0.25, 0.3) is 17.4 Å². The number of nitrogens with zero attached hydrogens (tertiary/aromatic N) is 1. The highest BCUT2D eigenvalue weighted by Crippen LogP contribution is 2.38. The SMILES string of the molecule is O=C(O)CCCN1C(=O)/C(=C/c2ccc(-c3ccc(Cl)c(C(F)(F)F)c3)o2)SC1=S. The number of rotatable bonds is 6. The van der Waals surface area contributed by atoms with Crippen molar-refractivity contribution in [2.45, 2.75) is 19.0 Å². The molecule has 1 saturated heterocycles. The molecule has 2 heterocycles. The van der Waals surface area contributed by atoms with E-state index < -0.39 is 22.7 Å². The van der Waals surface area contributed by atoms with Crippen LogP contribution >= 0.6 is 35.6 Å². The highest BCUT2D eigenvalue weighted by Gasteiger charge is 2.34. The molecule has 0 radical (unpaired) electrons. The zero-order valence-electron chi connectivity index (χ0n) is 15.0. The summed E-state index contributed by atoms with van der Waals surface area (Å²) in [7, 11) is 0. The van der Waals surface area contributed by atoms with Crippen LogP contribution in [0.4, 0.5) is 13.2 Å². The first kappa shape index (κ1) is 22.4. The Morgan fingerprint density at radius 3 is 2.70 bits per heavy atom. The molecule has 0 unspecified atom stereocenters. The van der Waals surface area contributed by atoms with Gasteiger partial charge in [-0.25, -0.2) is 0 Å². The standard InChI is InChI=1S/C19H13ClF3NO4S2/c20-13-5-3-10(8-12(13)19(21,22)23)14-6-4-11(28-14)9-15-17(27)24(18(29)30-15)7-1-2-16(25)26/h3-6,8-9H,1-2,7H2,(H,25,26)/b15-9-. The molecule has 1 aliphatic heterocycles. The number of hydrogen-bond acceptors (Lipinski definition) is 5. The zero-order chi connectivity index (χ0) is 22.1. The lowest BCUT2D eigenvalue weighted by Gasteiger charge is -2.13. The van der Waals surface area contributed by atoms with E-state index in [1.165, 1.54) is 29.2 Å².